The van der Waals surface area contributed by atoms with E-state index in [4.69, 9.17) is 0 Å². The van der Waals surface area contributed by atoms with Crippen LogP contribution in [0.1, 0.15) is 0 Å². The zero-order chi connectivity index (χ0) is 9.26. The number of hydrogen-bond acceptors (Lipinski definition) is 3. The number of benzene rings is 1. The third-order valence-corrected chi connectivity index (χ3v) is 2.54. The Hall–Kier alpha value is -0.260. The Balaban J connectivity index is 0.000000980. The minimum Gasteiger partial charge on any atom is -0.768 e. The smallest absolute Gasteiger partial charge is 0.768 e. The topological polar surface area (TPSA) is 53.0 Å². The minimum atomic E-state index is -2.19. The normalized spacial score (nSPS) is 12.1. The van der Waals surface area contributed by atoms with Crippen LogP contribution in [-0.2, 0) is 11.1 Å². The maximum atomic E-state index is 10.8. The Morgan fingerprint density at radius 2 is 2.07 bits per heavy atom. The van der Waals surface area contributed by atoms with Gasteiger partial charge in [0.1, 0.15) is 0 Å². The van der Waals surface area contributed by atoms with Gasteiger partial charge in [-0.25, -0.2) is 0 Å². The van der Waals surface area contributed by atoms with Crippen molar-refractivity contribution in [1.29, 1.82) is 0 Å². The molecule has 5 heteroatoms. The van der Waals surface area contributed by atoms with Crippen molar-refractivity contribution in [2.75, 3.05) is 0 Å². The molecule has 1 atom stereocenters. The van der Waals surface area contributed by atoms with Gasteiger partial charge >= 0.3 is 29.6 Å². The summed E-state index contributed by atoms with van der Waals surface area (Å²) in [5.41, 5.74) is 0. The molecule has 0 radical (unpaired) electrons. The van der Waals surface area contributed by atoms with Crippen molar-refractivity contribution < 1.29 is 38.3 Å². The molecule has 0 N–H and O–H groups in total. The predicted octanol–water partition coefficient (Wildman–Crippen LogP) is -1.52. The van der Waals surface area contributed by atoms with E-state index in [0.29, 0.717) is 10.3 Å². The Bertz CT molecular complexity index is 470. The first-order valence-electron chi connectivity index (χ1n) is 3.71. The molecule has 0 bridgehead atoms. The molecule has 2 rings (SSSR count). The molecule has 0 aliphatic carbocycles. The van der Waals surface area contributed by atoms with Crippen LogP contribution in [0.4, 0.5) is 0 Å². The molecule has 0 saturated heterocycles. The predicted molar refractivity (Wildman–Crippen MR) is 48.9 cm³/mol. The summed E-state index contributed by atoms with van der Waals surface area (Å²) in [6.45, 7) is 0. The molecule has 0 saturated carbocycles. The second-order valence-electron chi connectivity index (χ2n) is 2.59. The van der Waals surface area contributed by atoms with Crippen LogP contribution in [0.2, 0.25) is 0 Å². The second kappa shape index (κ2) is 5.00. The van der Waals surface area contributed by atoms with Crippen molar-refractivity contribution >= 4 is 21.9 Å². The zero-order valence-corrected chi connectivity index (χ0v) is 10.5. The van der Waals surface area contributed by atoms with E-state index in [9.17, 15) is 8.76 Å². The van der Waals surface area contributed by atoms with Gasteiger partial charge in [0.25, 0.3) is 0 Å². The van der Waals surface area contributed by atoms with Crippen LogP contribution in [0, 0.1) is 0 Å². The van der Waals surface area contributed by atoms with Gasteiger partial charge in [0.05, 0.1) is 0 Å². The van der Waals surface area contributed by atoms with Crippen LogP contribution in [0.25, 0.3) is 10.8 Å². The van der Waals surface area contributed by atoms with Gasteiger partial charge in [-0.3, -0.25) is 9.19 Å². The molecule has 0 spiro atoms. The first kappa shape index (κ1) is 11.8. The summed E-state index contributed by atoms with van der Waals surface area (Å²) in [6.07, 6.45) is 3.19. The number of rotatable bonds is 1. The average Bonchev–Trinajstić information content (AvgIpc) is 2.17. The molecule has 1 aromatic heterocycles. The van der Waals surface area contributed by atoms with Crippen LogP contribution >= 0.6 is 0 Å². The fraction of sp³-hybridized carbons (Fsp3) is 0. The molecule has 0 amide bonds. The number of pyridine rings is 1. The van der Waals surface area contributed by atoms with Crippen molar-refractivity contribution in [2.45, 2.75) is 4.90 Å². The standard InChI is InChI=1S/C9H7NO2S.Na/c11-13(12)9-3-1-2-7-4-5-10-6-8(7)9;/h1-6H,(H,11,12);/q;+1/p-1. The van der Waals surface area contributed by atoms with E-state index in [1.807, 2.05) is 6.07 Å². The van der Waals surface area contributed by atoms with Gasteiger partial charge in [-0.1, -0.05) is 12.1 Å². The van der Waals surface area contributed by atoms with Crippen LogP contribution in [0.3, 0.4) is 0 Å². The van der Waals surface area contributed by atoms with Crippen molar-refractivity contribution in [2.24, 2.45) is 0 Å². The molecule has 1 unspecified atom stereocenters. The van der Waals surface area contributed by atoms with E-state index in [1.165, 1.54) is 0 Å². The Morgan fingerprint density at radius 1 is 1.29 bits per heavy atom. The van der Waals surface area contributed by atoms with Crippen molar-refractivity contribution in [1.82, 2.24) is 4.98 Å². The summed E-state index contributed by atoms with van der Waals surface area (Å²) in [4.78, 5) is 4.18. The van der Waals surface area contributed by atoms with E-state index in [0.717, 1.165) is 5.39 Å². The minimum absolute atomic E-state index is 0. The molecule has 3 nitrogen and oxygen atoms in total. The van der Waals surface area contributed by atoms with Crippen molar-refractivity contribution in [3.63, 3.8) is 0 Å². The van der Waals surface area contributed by atoms with E-state index in [1.54, 1.807) is 30.6 Å². The molecule has 1 aromatic carbocycles. The van der Waals surface area contributed by atoms with Gasteiger partial charge in [0.2, 0.25) is 0 Å². The zero-order valence-electron chi connectivity index (χ0n) is 7.64. The monoisotopic (exact) mass is 215 g/mol. The van der Waals surface area contributed by atoms with Gasteiger partial charge in [0.15, 0.2) is 0 Å². The molecule has 0 fully saturated rings. The SMILES string of the molecule is O=S([O-])c1cccc2ccncc12.[Na+]. The summed E-state index contributed by atoms with van der Waals surface area (Å²) < 4.78 is 21.6. The summed E-state index contributed by atoms with van der Waals surface area (Å²) in [5.74, 6) is 0. The molecule has 14 heavy (non-hydrogen) atoms. The Kier molecular flexibility index (Phi) is 4.22. The van der Waals surface area contributed by atoms with Crippen molar-refractivity contribution in [3.8, 4) is 0 Å². The fourth-order valence-electron chi connectivity index (χ4n) is 1.23. The maximum Gasteiger partial charge on any atom is 1.00 e. The van der Waals surface area contributed by atoms with Gasteiger partial charge in [-0.2, -0.15) is 0 Å². The van der Waals surface area contributed by atoms with Gasteiger partial charge in [-0.05, 0) is 28.6 Å². The quantitative estimate of drug-likeness (QED) is 0.428. The first-order chi connectivity index (χ1) is 6.29. The fourth-order valence-corrected chi connectivity index (χ4v) is 1.77. The summed E-state index contributed by atoms with van der Waals surface area (Å²) in [5, 5.41) is 1.55. The summed E-state index contributed by atoms with van der Waals surface area (Å²) in [6, 6.07) is 6.92. The Morgan fingerprint density at radius 3 is 2.79 bits per heavy atom. The van der Waals surface area contributed by atoms with Crippen LogP contribution in [0.15, 0.2) is 41.6 Å². The Labute approximate surface area is 106 Å². The van der Waals surface area contributed by atoms with Crippen LogP contribution in [-0.4, -0.2) is 13.7 Å². The van der Waals surface area contributed by atoms with E-state index in [-0.39, 0.29) is 29.6 Å². The largest absolute Gasteiger partial charge is 1.00 e. The van der Waals surface area contributed by atoms with Gasteiger partial charge < -0.3 is 4.55 Å². The first-order valence-corrected chi connectivity index (χ1v) is 4.78. The molecular formula is C9H6NNaO2S. The van der Waals surface area contributed by atoms with Crippen LogP contribution in [0.5, 0.6) is 0 Å². The van der Waals surface area contributed by atoms with Crippen molar-refractivity contribution in [3.05, 3.63) is 36.7 Å². The molecule has 0 aliphatic rings. The molecule has 1 heterocycles. The number of aromatic nitrogens is 1. The van der Waals surface area contributed by atoms with Gasteiger partial charge in [-0.15, -0.1) is 0 Å². The second-order valence-corrected chi connectivity index (χ2v) is 3.50. The number of hydrogen-bond donors (Lipinski definition) is 0. The number of fused-ring (bicyclic) bond motifs is 1. The molecular weight excluding hydrogens is 209 g/mol. The molecule has 0 aliphatic heterocycles. The van der Waals surface area contributed by atoms with E-state index in [2.05, 4.69) is 4.98 Å². The summed E-state index contributed by atoms with van der Waals surface area (Å²) >= 11 is -2.19. The maximum absolute atomic E-state index is 10.8. The van der Waals surface area contributed by atoms with Crippen LogP contribution < -0.4 is 29.6 Å². The third-order valence-electron chi connectivity index (χ3n) is 1.82. The average molecular weight is 215 g/mol. The van der Waals surface area contributed by atoms with Gasteiger partial charge in [0, 0.05) is 22.7 Å². The molecule has 2 aromatic rings. The van der Waals surface area contributed by atoms with E-state index >= 15 is 0 Å². The summed E-state index contributed by atoms with van der Waals surface area (Å²) in [7, 11) is 0. The third kappa shape index (κ3) is 2.21. The molecule has 66 valence electrons. The number of nitrogens with zero attached hydrogens (tertiary/aromatic N) is 1. The van der Waals surface area contributed by atoms with E-state index < -0.39 is 11.1 Å².